The number of aryl methyl sites for hydroxylation is 1. The molecule has 0 spiro atoms. The molecular weight excluding hydrogens is 201 g/mol. The largest absolute Gasteiger partial charge is 0.307 e. The molecule has 0 saturated carbocycles. The minimum Gasteiger partial charge on any atom is -0.307 e. The predicted molar refractivity (Wildman–Crippen MR) is 65.0 cm³/mol. The van der Waals surface area contributed by atoms with E-state index >= 15 is 0 Å². The molecule has 0 radical (unpaired) electrons. The van der Waals surface area contributed by atoms with Crippen LogP contribution in [0.15, 0.2) is 18.2 Å². The monoisotopic (exact) mass is 221 g/mol. The quantitative estimate of drug-likeness (QED) is 0.823. The van der Waals surface area contributed by atoms with Crippen molar-refractivity contribution in [1.82, 2.24) is 5.32 Å². The molecule has 1 fully saturated rings. The van der Waals surface area contributed by atoms with Gasteiger partial charge in [0.2, 0.25) is 0 Å². The average Bonchev–Trinajstić information content (AvgIpc) is 2.72. The van der Waals surface area contributed by atoms with Crippen molar-refractivity contribution in [2.24, 2.45) is 0 Å². The van der Waals surface area contributed by atoms with E-state index in [1.54, 1.807) is 6.07 Å². The third-order valence-electron chi connectivity index (χ3n) is 3.63. The van der Waals surface area contributed by atoms with Gasteiger partial charge in [-0.2, -0.15) is 0 Å². The summed E-state index contributed by atoms with van der Waals surface area (Å²) in [4.78, 5) is 0. The fourth-order valence-corrected chi connectivity index (χ4v) is 2.78. The Hall–Kier alpha value is -0.890. The number of hydrogen-bond acceptors (Lipinski definition) is 1. The summed E-state index contributed by atoms with van der Waals surface area (Å²) in [6, 6.07) is 5.54. The van der Waals surface area contributed by atoms with Crippen LogP contribution >= 0.6 is 0 Å². The van der Waals surface area contributed by atoms with E-state index in [0.29, 0.717) is 0 Å². The van der Waals surface area contributed by atoms with E-state index in [-0.39, 0.29) is 11.4 Å². The number of rotatable bonds is 3. The standard InChI is InChI=1S/C14H20FN/c1-3-7-14(8-4-9-16-14)12-5-6-13(15)11(2)10-12/h5-6,10,16H,3-4,7-9H2,1-2H3. The molecule has 0 amide bonds. The first-order valence-corrected chi connectivity index (χ1v) is 6.19. The lowest BCUT2D eigenvalue weighted by atomic mass is 9.83. The Balaban J connectivity index is 2.35. The number of benzene rings is 1. The fourth-order valence-electron chi connectivity index (χ4n) is 2.78. The molecule has 1 heterocycles. The van der Waals surface area contributed by atoms with Crippen molar-refractivity contribution in [3.05, 3.63) is 35.1 Å². The van der Waals surface area contributed by atoms with E-state index in [9.17, 15) is 4.39 Å². The maximum atomic E-state index is 13.3. The Morgan fingerprint density at radius 2 is 2.25 bits per heavy atom. The highest BCUT2D eigenvalue weighted by Crippen LogP contribution is 2.35. The first-order chi connectivity index (χ1) is 7.68. The highest BCUT2D eigenvalue weighted by Gasteiger charge is 2.34. The summed E-state index contributed by atoms with van der Waals surface area (Å²) in [5.41, 5.74) is 2.11. The van der Waals surface area contributed by atoms with Gasteiger partial charge in [0, 0.05) is 5.54 Å². The Morgan fingerprint density at radius 1 is 1.44 bits per heavy atom. The van der Waals surface area contributed by atoms with Crippen molar-refractivity contribution in [3.8, 4) is 0 Å². The molecule has 1 aromatic rings. The van der Waals surface area contributed by atoms with Gasteiger partial charge in [-0.25, -0.2) is 4.39 Å². The van der Waals surface area contributed by atoms with Gasteiger partial charge in [-0.1, -0.05) is 25.5 Å². The van der Waals surface area contributed by atoms with E-state index in [2.05, 4.69) is 12.2 Å². The number of nitrogens with one attached hydrogen (secondary N) is 1. The molecular formula is C14H20FN. The Labute approximate surface area is 97.1 Å². The zero-order valence-corrected chi connectivity index (χ0v) is 10.1. The first-order valence-electron chi connectivity index (χ1n) is 6.19. The molecule has 1 atom stereocenters. The van der Waals surface area contributed by atoms with Crippen LogP contribution in [0.4, 0.5) is 4.39 Å². The first kappa shape index (κ1) is 11.6. The SMILES string of the molecule is CCCC1(c2ccc(F)c(C)c2)CCCN1. The Morgan fingerprint density at radius 3 is 2.81 bits per heavy atom. The second-order valence-electron chi connectivity index (χ2n) is 4.83. The normalized spacial score (nSPS) is 24.9. The summed E-state index contributed by atoms with van der Waals surface area (Å²) in [7, 11) is 0. The molecule has 1 aromatic carbocycles. The van der Waals surface area contributed by atoms with E-state index in [0.717, 1.165) is 24.9 Å². The molecule has 1 N–H and O–H groups in total. The molecule has 1 unspecified atom stereocenters. The maximum Gasteiger partial charge on any atom is 0.126 e. The minimum absolute atomic E-state index is 0.103. The van der Waals surface area contributed by atoms with Crippen LogP contribution in [0.2, 0.25) is 0 Å². The lowest BCUT2D eigenvalue weighted by Crippen LogP contribution is -2.36. The lowest BCUT2D eigenvalue weighted by molar-refractivity contribution is 0.355. The highest BCUT2D eigenvalue weighted by molar-refractivity contribution is 5.31. The second-order valence-corrected chi connectivity index (χ2v) is 4.83. The van der Waals surface area contributed by atoms with Crippen molar-refractivity contribution in [2.45, 2.75) is 45.1 Å². The zero-order chi connectivity index (χ0) is 11.6. The molecule has 1 saturated heterocycles. The fraction of sp³-hybridized carbons (Fsp3) is 0.571. The third kappa shape index (κ3) is 1.99. The number of hydrogen-bond donors (Lipinski definition) is 1. The smallest absolute Gasteiger partial charge is 0.126 e. The minimum atomic E-state index is -0.103. The molecule has 16 heavy (non-hydrogen) atoms. The van der Waals surface area contributed by atoms with Gasteiger partial charge in [0.15, 0.2) is 0 Å². The molecule has 88 valence electrons. The van der Waals surface area contributed by atoms with Gasteiger partial charge in [-0.15, -0.1) is 0 Å². The summed E-state index contributed by atoms with van der Waals surface area (Å²) >= 11 is 0. The topological polar surface area (TPSA) is 12.0 Å². The van der Waals surface area contributed by atoms with Crippen molar-refractivity contribution in [2.75, 3.05) is 6.54 Å². The molecule has 0 aromatic heterocycles. The summed E-state index contributed by atoms with van der Waals surface area (Å²) in [5, 5.41) is 3.61. The highest BCUT2D eigenvalue weighted by atomic mass is 19.1. The van der Waals surface area contributed by atoms with Crippen LogP contribution in [0.25, 0.3) is 0 Å². The van der Waals surface area contributed by atoms with Gasteiger partial charge in [-0.05, 0) is 49.9 Å². The summed E-state index contributed by atoms with van der Waals surface area (Å²) in [6.45, 7) is 5.13. The summed E-state index contributed by atoms with van der Waals surface area (Å²) in [5.74, 6) is -0.103. The van der Waals surface area contributed by atoms with Crippen molar-refractivity contribution < 1.29 is 4.39 Å². The lowest BCUT2D eigenvalue weighted by Gasteiger charge is -2.30. The van der Waals surface area contributed by atoms with Gasteiger partial charge >= 0.3 is 0 Å². The van der Waals surface area contributed by atoms with E-state index in [1.165, 1.54) is 18.4 Å². The maximum absolute atomic E-state index is 13.3. The molecule has 1 aliphatic heterocycles. The van der Waals surface area contributed by atoms with Gasteiger partial charge in [-0.3, -0.25) is 0 Å². The average molecular weight is 221 g/mol. The molecule has 1 aliphatic rings. The van der Waals surface area contributed by atoms with Gasteiger partial charge in [0.05, 0.1) is 0 Å². The van der Waals surface area contributed by atoms with Crippen LogP contribution < -0.4 is 5.32 Å². The van der Waals surface area contributed by atoms with Gasteiger partial charge in [0.25, 0.3) is 0 Å². The van der Waals surface area contributed by atoms with E-state index in [4.69, 9.17) is 0 Å². The summed E-state index contributed by atoms with van der Waals surface area (Å²) < 4.78 is 13.3. The van der Waals surface area contributed by atoms with E-state index in [1.807, 2.05) is 19.1 Å². The molecule has 1 nitrogen and oxygen atoms in total. The summed E-state index contributed by atoms with van der Waals surface area (Å²) in [6.07, 6.45) is 4.68. The van der Waals surface area contributed by atoms with Crippen molar-refractivity contribution in [1.29, 1.82) is 0 Å². The second kappa shape index (κ2) is 4.54. The van der Waals surface area contributed by atoms with Crippen LogP contribution in [0, 0.1) is 12.7 Å². The van der Waals surface area contributed by atoms with Crippen molar-refractivity contribution >= 4 is 0 Å². The molecule has 0 aliphatic carbocycles. The van der Waals surface area contributed by atoms with Crippen LogP contribution in [-0.4, -0.2) is 6.54 Å². The third-order valence-corrected chi connectivity index (χ3v) is 3.63. The Bertz CT molecular complexity index is 367. The number of halogens is 1. The van der Waals surface area contributed by atoms with E-state index < -0.39 is 0 Å². The molecule has 2 rings (SSSR count). The van der Waals surface area contributed by atoms with Crippen LogP contribution in [-0.2, 0) is 5.54 Å². The van der Waals surface area contributed by atoms with Crippen LogP contribution in [0.3, 0.4) is 0 Å². The zero-order valence-electron chi connectivity index (χ0n) is 10.1. The van der Waals surface area contributed by atoms with Crippen LogP contribution in [0.5, 0.6) is 0 Å². The van der Waals surface area contributed by atoms with Gasteiger partial charge < -0.3 is 5.32 Å². The Kier molecular flexibility index (Phi) is 3.29. The predicted octanol–water partition coefficient (Wildman–Crippen LogP) is 3.51. The molecule has 2 heteroatoms. The van der Waals surface area contributed by atoms with Gasteiger partial charge in [0.1, 0.15) is 5.82 Å². The van der Waals surface area contributed by atoms with Crippen molar-refractivity contribution in [3.63, 3.8) is 0 Å². The van der Waals surface area contributed by atoms with Crippen LogP contribution in [0.1, 0.15) is 43.7 Å². The molecule has 0 bridgehead atoms.